The lowest BCUT2D eigenvalue weighted by Crippen LogP contribution is -2.04. The van der Waals surface area contributed by atoms with E-state index in [-0.39, 0.29) is 0 Å². The van der Waals surface area contributed by atoms with Crippen LogP contribution in [0.5, 0.6) is 5.75 Å². The Morgan fingerprint density at radius 2 is 2.10 bits per heavy atom. The molecule has 108 valence electrons. The van der Waals surface area contributed by atoms with E-state index in [0.717, 1.165) is 41.0 Å². The Morgan fingerprint density at radius 3 is 2.70 bits per heavy atom. The van der Waals surface area contributed by atoms with Crippen LogP contribution in [-0.2, 0) is 0 Å². The number of halogens is 1. The van der Waals surface area contributed by atoms with Crippen LogP contribution in [0.2, 0.25) is 5.02 Å². The van der Waals surface area contributed by atoms with Crippen LogP contribution < -0.4 is 10.1 Å². The highest BCUT2D eigenvalue weighted by Crippen LogP contribution is 2.37. The van der Waals surface area contributed by atoms with Crippen LogP contribution in [0, 0.1) is 0 Å². The highest BCUT2D eigenvalue weighted by atomic mass is 35.5. The molecule has 1 aromatic carbocycles. The molecule has 0 radical (unpaired) electrons. The van der Waals surface area contributed by atoms with Crippen molar-refractivity contribution in [1.29, 1.82) is 0 Å². The lowest BCUT2D eigenvalue weighted by Gasteiger charge is -2.16. The summed E-state index contributed by atoms with van der Waals surface area (Å²) < 4.78 is 5.46. The third-order valence-electron chi connectivity index (χ3n) is 3.27. The number of rotatable bonds is 5. The van der Waals surface area contributed by atoms with Crippen LogP contribution in [0.4, 0.5) is 5.69 Å². The molecule has 0 bridgehead atoms. The number of nitrogens with zero attached hydrogens (tertiary/aromatic N) is 1. The lowest BCUT2D eigenvalue weighted by molar-refractivity contribution is 0.420. The molecule has 0 aliphatic carbocycles. The molecule has 4 heteroatoms. The van der Waals surface area contributed by atoms with Crippen molar-refractivity contribution in [2.24, 2.45) is 0 Å². The number of methoxy groups -OCH3 is 1. The van der Waals surface area contributed by atoms with Crippen LogP contribution >= 0.6 is 11.6 Å². The molecular formula is C16H21ClN2O. The molecular weight excluding hydrogens is 272 g/mol. The van der Waals surface area contributed by atoms with Gasteiger partial charge in [-0.25, -0.2) is 0 Å². The third-order valence-corrected chi connectivity index (χ3v) is 3.57. The van der Waals surface area contributed by atoms with Crippen molar-refractivity contribution in [2.75, 3.05) is 19.0 Å². The first-order valence-electron chi connectivity index (χ1n) is 6.99. The third kappa shape index (κ3) is 2.83. The van der Waals surface area contributed by atoms with Gasteiger partial charge in [-0.2, -0.15) is 0 Å². The standard InChI is InChI=1S/C16H21ClN2O/c1-5-8-18-13-9-12(10(2)3)19-16-11(17)6-7-14(20-4)15(13)16/h6-7,9-10H,5,8H2,1-4H3,(H,18,19). The zero-order chi connectivity index (χ0) is 14.7. The average molecular weight is 293 g/mol. The van der Waals surface area contributed by atoms with E-state index < -0.39 is 0 Å². The number of nitrogens with one attached hydrogen (secondary N) is 1. The van der Waals surface area contributed by atoms with Crippen LogP contribution in [0.15, 0.2) is 18.2 Å². The van der Waals surface area contributed by atoms with Crippen LogP contribution in [-0.4, -0.2) is 18.6 Å². The number of benzene rings is 1. The highest BCUT2D eigenvalue weighted by Gasteiger charge is 2.14. The SMILES string of the molecule is CCCNc1cc(C(C)C)nc2c(Cl)ccc(OC)c12. The van der Waals surface area contributed by atoms with E-state index in [1.807, 2.05) is 12.1 Å². The van der Waals surface area contributed by atoms with E-state index >= 15 is 0 Å². The van der Waals surface area contributed by atoms with Gasteiger partial charge in [0.15, 0.2) is 0 Å². The predicted octanol–water partition coefficient (Wildman–Crippen LogP) is 4.84. The molecule has 1 aromatic heterocycles. The van der Waals surface area contributed by atoms with Gasteiger partial charge in [-0.3, -0.25) is 4.98 Å². The van der Waals surface area contributed by atoms with Crippen molar-refractivity contribution in [3.8, 4) is 5.75 Å². The number of hydrogen-bond donors (Lipinski definition) is 1. The van der Waals surface area contributed by atoms with Gasteiger partial charge in [-0.15, -0.1) is 0 Å². The highest BCUT2D eigenvalue weighted by molar-refractivity contribution is 6.35. The molecule has 0 atom stereocenters. The minimum atomic E-state index is 0.351. The maximum absolute atomic E-state index is 6.32. The van der Waals surface area contributed by atoms with Gasteiger partial charge in [-0.1, -0.05) is 32.4 Å². The summed E-state index contributed by atoms with van der Waals surface area (Å²) >= 11 is 6.32. The summed E-state index contributed by atoms with van der Waals surface area (Å²) in [5, 5.41) is 5.07. The van der Waals surface area contributed by atoms with Gasteiger partial charge in [-0.05, 0) is 30.5 Å². The Hall–Kier alpha value is -1.48. The first kappa shape index (κ1) is 14.9. The topological polar surface area (TPSA) is 34.2 Å². The molecule has 2 aromatic rings. The number of anilines is 1. The molecule has 0 saturated carbocycles. The fourth-order valence-electron chi connectivity index (χ4n) is 2.16. The fourth-order valence-corrected chi connectivity index (χ4v) is 2.36. The van der Waals surface area contributed by atoms with Crippen molar-refractivity contribution >= 4 is 28.2 Å². The Kier molecular flexibility index (Phi) is 4.71. The van der Waals surface area contributed by atoms with Gasteiger partial charge in [0.25, 0.3) is 0 Å². The number of ether oxygens (including phenoxy) is 1. The Bertz CT molecular complexity index is 611. The van der Waals surface area contributed by atoms with Gasteiger partial charge in [0.05, 0.1) is 23.0 Å². The Morgan fingerprint density at radius 1 is 1.35 bits per heavy atom. The van der Waals surface area contributed by atoms with Gasteiger partial charge in [0.1, 0.15) is 5.75 Å². The van der Waals surface area contributed by atoms with Crippen LogP contribution in [0.25, 0.3) is 10.9 Å². The number of pyridine rings is 1. The fraction of sp³-hybridized carbons (Fsp3) is 0.438. The number of fused-ring (bicyclic) bond motifs is 1. The van der Waals surface area contributed by atoms with Gasteiger partial charge < -0.3 is 10.1 Å². The molecule has 0 saturated heterocycles. The maximum atomic E-state index is 6.32. The Labute approximate surface area is 125 Å². The summed E-state index contributed by atoms with van der Waals surface area (Å²) in [7, 11) is 1.67. The zero-order valence-electron chi connectivity index (χ0n) is 12.5. The monoisotopic (exact) mass is 292 g/mol. The van der Waals surface area contributed by atoms with E-state index in [4.69, 9.17) is 21.3 Å². The minimum Gasteiger partial charge on any atom is -0.496 e. The molecule has 0 aliphatic rings. The molecule has 1 N–H and O–H groups in total. The van der Waals surface area contributed by atoms with Crippen molar-refractivity contribution in [3.05, 3.63) is 28.9 Å². The van der Waals surface area contributed by atoms with Crippen molar-refractivity contribution in [3.63, 3.8) is 0 Å². The maximum Gasteiger partial charge on any atom is 0.130 e. The molecule has 0 fully saturated rings. The molecule has 3 nitrogen and oxygen atoms in total. The van der Waals surface area contributed by atoms with E-state index in [1.165, 1.54) is 0 Å². The van der Waals surface area contributed by atoms with E-state index in [9.17, 15) is 0 Å². The number of hydrogen-bond acceptors (Lipinski definition) is 3. The summed E-state index contributed by atoms with van der Waals surface area (Å²) in [5.74, 6) is 1.15. The normalized spacial score (nSPS) is 11.1. The van der Waals surface area contributed by atoms with E-state index in [2.05, 4.69) is 32.2 Å². The Balaban J connectivity index is 2.73. The second kappa shape index (κ2) is 6.31. The summed E-state index contributed by atoms with van der Waals surface area (Å²) in [5.41, 5.74) is 2.88. The first-order chi connectivity index (χ1) is 9.58. The zero-order valence-corrected chi connectivity index (χ0v) is 13.2. The molecule has 0 unspecified atom stereocenters. The predicted molar refractivity (Wildman–Crippen MR) is 86.2 cm³/mol. The van der Waals surface area contributed by atoms with Crippen molar-refractivity contribution in [2.45, 2.75) is 33.1 Å². The van der Waals surface area contributed by atoms with Gasteiger partial charge in [0, 0.05) is 17.9 Å². The number of aromatic nitrogens is 1. The average Bonchev–Trinajstić information content (AvgIpc) is 2.45. The summed E-state index contributed by atoms with van der Waals surface area (Å²) in [6.07, 6.45) is 1.06. The van der Waals surface area contributed by atoms with Crippen molar-refractivity contribution < 1.29 is 4.74 Å². The smallest absolute Gasteiger partial charge is 0.130 e. The minimum absolute atomic E-state index is 0.351. The molecule has 0 spiro atoms. The van der Waals surface area contributed by atoms with Crippen LogP contribution in [0.3, 0.4) is 0 Å². The first-order valence-corrected chi connectivity index (χ1v) is 7.37. The summed E-state index contributed by atoms with van der Waals surface area (Å²) in [6.45, 7) is 7.31. The molecule has 20 heavy (non-hydrogen) atoms. The molecule has 0 aliphatic heterocycles. The summed E-state index contributed by atoms with van der Waals surface area (Å²) in [6, 6.07) is 5.82. The van der Waals surface area contributed by atoms with E-state index in [1.54, 1.807) is 7.11 Å². The quantitative estimate of drug-likeness (QED) is 0.856. The molecule has 0 amide bonds. The van der Waals surface area contributed by atoms with Gasteiger partial charge in [0.2, 0.25) is 0 Å². The van der Waals surface area contributed by atoms with Crippen molar-refractivity contribution in [1.82, 2.24) is 4.98 Å². The van der Waals surface area contributed by atoms with Gasteiger partial charge >= 0.3 is 0 Å². The van der Waals surface area contributed by atoms with E-state index in [0.29, 0.717) is 10.9 Å². The lowest BCUT2D eigenvalue weighted by atomic mass is 10.1. The second-order valence-corrected chi connectivity index (χ2v) is 5.56. The van der Waals surface area contributed by atoms with Crippen LogP contribution in [0.1, 0.15) is 38.8 Å². The second-order valence-electron chi connectivity index (χ2n) is 5.15. The molecule has 2 rings (SSSR count). The summed E-state index contributed by atoms with van der Waals surface area (Å²) in [4.78, 5) is 4.70. The molecule has 1 heterocycles. The largest absolute Gasteiger partial charge is 0.496 e.